The number of aromatic nitrogens is 2. The number of benzene rings is 1. The van der Waals surface area contributed by atoms with Crippen LogP contribution in [0.3, 0.4) is 0 Å². The van der Waals surface area contributed by atoms with Crippen LogP contribution < -0.4 is 5.73 Å². The van der Waals surface area contributed by atoms with E-state index in [1.165, 1.54) is 0 Å². The van der Waals surface area contributed by atoms with E-state index in [0.717, 1.165) is 18.4 Å². The molecule has 23 heavy (non-hydrogen) atoms. The minimum absolute atomic E-state index is 0.0179. The zero-order chi connectivity index (χ0) is 16.0. The Hall–Kier alpha value is -2.27. The predicted octanol–water partition coefficient (Wildman–Crippen LogP) is 2.01. The van der Waals surface area contributed by atoms with Crippen LogP contribution in [0, 0.1) is 12.8 Å². The van der Waals surface area contributed by atoms with Crippen molar-refractivity contribution >= 4 is 5.91 Å². The monoisotopic (exact) mass is 308 g/mol. The quantitative estimate of drug-likeness (QED) is 0.941. The van der Waals surface area contributed by atoms with Crippen molar-refractivity contribution in [3.05, 3.63) is 47.9 Å². The summed E-state index contributed by atoms with van der Waals surface area (Å²) in [6.07, 6.45) is 3.80. The Balaban J connectivity index is 1.75. The summed E-state index contributed by atoms with van der Waals surface area (Å²) in [5.41, 5.74) is 8.10. The third-order valence-corrected chi connectivity index (χ3v) is 4.90. The van der Waals surface area contributed by atoms with Gasteiger partial charge in [0.25, 0.3) is 5.91 Å². The number of aryl methyl sites for hydroxylation is 1. The van der Waals surface area contributed by atoms with Gasteiger partial charge in [0.1, 0.15) is 5.82 Å². The van der Waals surface area contributed by atoms with Gasteiger partial charge in [0.15, 0.2) is 0 Å². The zero-order valence-corrected chi connectivity index (χ0v) is 13.1. The van der Waals surface area contributed by atoms with Crippen molar-refractivity contribution in [2.75, 3.05) is 6.54 Å². The molecule has 3 atom stereocenters. The Bertz CT molecular complexity index is 746. The molecule has 118 valence electrons. The normalized spacial score (nSPS) is 25.3. The van der Waals surface area contributed by atoms with E-state index in [0.29, 0.717) is 35.6 Å². The summed E-state index contributed by atoms with van der Waals surface area (Å²) in [6, 6.07) is 10.3. The van der Waals surface area contributed by atoms with Crippen LogP contribution in [-0.2, 0) is 0 Å². The number of hydrogen-bond acceptors (Lipinski definition) is 4. The van der Waals surface area contributed by atoms with Gasteiger partial charge in [-0.1, -0.05) is 30.3 Å². The van der Waals surface area contributed by atoms with E-state index in [-0.39, 0.29) is 11.9 Å². The highest BCUT2D eigenvalue weighted by atomic mass is 16.2. The summed E-state index contributed by atoms with van der Waals surface area (Å²) >= 11 is 0. The van der Waals surface area contributed by atoms with Gasteiger partial charge >= 0.3 is 0 Å². The van der Waals surface area contributed by atoms with Crippen LogP contribution in [0.4, 0.5) is 0 Å². The molecule has 0 spiro atoms. The van der Waals surface area contributed by atoms with Gasteiger partial charge in [-0.15, -0.1) is 0 Å². The number of amides is 1. The maximum atomic E-state index is 13.1. The molecule has 1 aromatic heterocycles. The Morgan fingerprint density at radius 2 is 2.09 bits per heavy atom. The van der Waals surface area contributed by atoms with E-state index in [1.807, 2.05) is 42.2 Å². The average molecular weight is 308 g/mol. The number of likely N-dealkylation sites (tertiary alicyclic amines) is 1. The van der Waals surface area contributed by atoms with Crippen molar-refractivity contribution < 1.29 is 4.79 Å². The number of carbonyl (C=O) groups is 1. The number of nitrogens with zero attached hydrogens (tertiary/aromatic N) is 3. The Morgan fingerprint density at radius 1 is 1.30 bits per heavy atom. The third kappa shape index (κ3) is 2.41. The van der Waals surface area contributed by atoms with E-state index in [9.17, 15) is 4.79 Å². The molecule has 4 rings (SSSR count). The molecule has 2 aromatic rings. The number of carbonyl (C=O) groups excluding carboxylic acids is 1. The molecule has 0 bridgehead atoms. The fraction of sp³-hybridized carbons (Fsp3) is 0.389. The SMILES string of the molecule is Cc1ncc(C(=O)N2[C@H](CN)C[C@@H]3C[C@@H]32)c(-c2ccccc2)n1. The molecule has 2 fully saturated rings. The first-order valence-electron chi connectivity index (χ1n) is 8.11. The summed E-state index contributed by atoms with van der Waals surface area (Å²) in [7, 11) is 0. The van der Waals surface area contributed by atoms with Crippen LogP contribution in [0.15, 0.2) is 36.5 Å². The summed E-state index contributed by atoms with van der Waals surface area (Å²) in [5.74, 6) is 1.32. The van der Waals surface area contributed by atoms with E-state index in [1.54, 1.807) is 6.20 Å². The van der Waals surface area contributed by atoms with Gasteiger partial charge in [-0.05, 0) is 25.7 Å². The first-order valence-corrected chi connectivity index (χ1v) is 8.11. The topological polar surface area (TPSA) is 72.1 Å². The molecular weight excluding hydrogens is 288 g/mol. The Labute approximate surface area is 135 Å². The number of fused-ring (bicyclic) bond motifs is 1. The molecule has 1 saturated heterocycles. The number of piperidine rings is 1. The second-order valence-corrected chi connectivity index (χ2v) is 6.45. The van der Waals surface area contributed by atoms with Gasteiger partial charge in [-0.3, -0.25) is 4.79 Å². The lowest BCUT2D eigenvalue weighted by Gasteiger charge is -2.27. The van der Waals surface area contributed by atoms with E-state index in [4.69, 9.17) is 5.73 Å². The van der Waals surface area contributed by atoms with Crippen LogP contribution in [0.5, 0.6) is 0 Å². The number of rotatable bonds is 3. The Kier molecular flexibility index (Phi) is 3.38. The highest BCUT2D eigenvalue weighted by Gasteiger charge is 2.53. The van der Waals surface area contributed by atoms with Crippen molar-refractivity contribution in [1.82, 2.24) is 14.9 Å². The maximum Gasteiger partial charge on any atom is 0.258 e. The molecule has 2 N–H and O–H groups in total. The summed E-state index contributed by atoms with van der Waals surface area (Å²) in [5, 5.41) is 0. The van der Waals surface area contributed by atoms with E-state index < -0.39 is 0 Å². The van der Waals surface area contributed by atoms with E-state index in [2.05, 4.69) is 9.97 Å². The fourth-order valence-electron chi connectivity index (χ4n) is 3.67. The van der Waals surface area contributed by atoms with Crippen LogP contribution in [-0.4, -0.2) is 39.4 Å². The van der Waals surface area contributed by atoms with Crippen molar-refractivity contribution in [2.24, 2.45) is 11.7 Å². The molecule has 1 amide bonds. The first kappa shape index (κ1) is 14.3. The van der Waals surface area contributed by atoms with Crippen LogP contribution in [0.2, 0.25) is 0 Å². The summed E-state index contributed by atoms with van der Waals surface area (Å²) in [4.78, 5) is 23.9. The molecule has 1 aromatic carbocycles. The van der Waals surface area contributed by atoms with Crippen molar-refractivity contribution in [3.8, 4) is 11.3 Å². The maximum absolute atomic E-state index is 13.1. The highest BCUT2D eigenvalue weighted by Crippen LogP contribution is 2.48. The van der Waals surface area contributed by atoms with Gasteiger partial charge in [-0.2, -0.15) is 0 Å². The lowest BCUT2D eigenvalue weighted by Crippen LogP contribution is -2.42. The standard InChI is InChI=1S/C18H20N4O/c1-11-20-10-15(17(21-11)12-5-3-2-4-6-12)18(23)22-14(9-19)7-13-8-16(13)22/h2-6,10,13-14,16H,7-9,19H2,1H3/t13-,14+,16+/m1/s1. The fourth-order valence-corrected chi connectivity index (χ4v) is 3.67. The Morgan fingerprint density at radius 3 is 2.83 bits per heavy atom. The molecule has 1 saturated carbocycles. The summed E-state index contributed by atoms with van der Waals surface area (Å²) in [6.45, 7) is 2.36. The van der Waals surface area contributed by atoms with Gasteiger partial charge in [0.05, 0.1) is 11.3 Å². The predicted molar refractivity (Wildman–Crippen MR) is 87.7 cm³/mol. The second kappa shape index (κ2) is 5.42. The summed E-state index contributed by atoms with van der Waals surface area (Å²) < 4.78 is 0. The van der Waals surface area contributed by atoms with Crippen LogP contribution >= 0.6 is 0 Å². The van der Waals surface area contributed by atoms with Gasteiger partial charge in [0.2, 0.25) is 0 Å². The van der Waals surface area contributed by atoms with Crippen molar-refractivity contribution in [3.63, 3.8) is 0 Å². The van der Waals surface area contributed by atoms with E-state index >= 15 is 0 Å². The first-order chi connectivity index (χ1) is 11.2. The molecule has 2 aliphatic rings. The molecular formula is C18H20N4O. The second-order valence-electron chi connectivity index (χ2n) is 6.45. The minimum atomic E-state index is 0.0179. The van der Waals surface area contributed by atoms with Crippen LogP contribution in [0.25, 0.3) is 11.3 Å². The average Bonchev–Trinajstić information content (AvgIpc) is 3.25. The molecule has 5 heteroatoms. The third-order valence-electron chi connectivity index (χ3n) is 4.90. The molecule has 0 unspecified atom stereocenters. The molecule has 1 aliphatic heterocycles. The highest BCUT2D eigenvalue weighted by molar-refractivity contribution is 6.00. The largest absolute Gasteiger partial charge is 0.331 e. The zero-order valence-electron chi connectivity index (χ0n) is 13.1. The molecule has 2 heterocycles. The number of nitrogens with two attached hydrogens (primary N) is 1. The molecule has 0 radical (unpaired) electrons. The van der Waals surface area contributed by atoms with Crippen molar-refractivity contribution in [2.45, 2.75) is 31.8 Å². The van der Waals surface area contributed by atoms with Gasteiger partial charge in [0, 0.05) is 30.4 Å². The minimum Gasteiger partial charge on any atom is -0.331 e. The lowest BCUT2D eigenvalue weighted by atomic mass is 10.1. The van der Waals surface area contributed by atoms with Gasteiger partial charge in [-0.25, -0.2) is 9.97 Å². The molecule has 5 nitrogen and oxygen atoms in total. The lowest BCUT2D eigenvalue weighted by molar-refractivity contribution is 0.0706. The van der Waals surface area contributed by atoms with Gasteiger partial charge < -0.3 is 10.6 Å². The van der Waals surface area contributed by atoms with Crippen LogP contribution in [0.1, 0.15) is 29.0 Å². The van der Waals surface area contributed by atoms with Crippen molar-refractivity contribution in [1.29, 1.82) is 0 Å². The smallest absolute Gasteiger partial charge is 0.258 e. The molecule has 1 aliphatic carbocycles. The number of hydrogen-bond donors (Lipinski definition) is 1.